The average Bonchev–Trinajstić information content (AvgIpc) is 3.63. The summed E-state index contributed by atoms with van der Waals surface area (Å²) in [5.41, 5.74) is 3.24. The number of nitrogens with one attached hydrogen (secondary N) is 1. The predicted octanol–water partition coefficient (Wildman–Crippen LogP) is 6.80. The molecule has 218 valence electrons. The molecule has 1 N–H and O–H groups in total. The Labute approximate surface area is 240 Å². The Hall–Kier alpha value is -3.72. The molecule has 0 unspecified atom stereocenters. The molecule has 1 saturated heterocycles. The molecule has 1 aromatic carbocycles. The third kappa shape index (κ3) is 6.15. The molecule has 9 heteroatoms. The van der Waals surface area contributed by atoms with Gasteiger partial charge in [0.2, 0.25) is 11.8 Å². The van der Waals surface area contributed by atoms with Crippen LogP contribution in [0.5, 0.6) is 0 Å². The summed E-state index contributed by atoms with van der Waals surface area (Å²) in [5.74, 6) is 1.94. The van der Waals surface area contributed by atoms with E-state index in [4.69, 9.17) is 14.1 Å². The Bertz CT molecular complexity index is 1590. The first kappa shape index (κ1) is 28.8. The van der Waals surface area contributed by atoms with Crippen molar-refractivity contribution in [3.63, 3.8) is 0 Å². The Kier molecular flexibility index (Phi) is 8.73. The molecule has 3 aromatic heterocycles. The monoisotopic (exact) mass is 559 g/mol. The van der Waals surface area contributed by atoms with Gasteiger partial charge >= 0.3 is 0 Å². The summed E-state index contributed by atoms with van der Waals surface area (Å²) in [4.78, 5) is 36.7. The number of anilines is 3. The molecule has 41 heavy (non-hydrogen) atoms. The maximum atomic E-state index is 13.0. The van der Waals surface area contributed by atoms with Crippen molar-refractivity contribution in [2.75, 3.05) is 36.5 Å². The van der Waals surface area contributed by atoms with Crippen LogP contribution < -0.4 is 15.6 Å². The summed E-state index contributed by atoms with van der Waals surface area (Å²) in [7, 11) is 0. The van der Waals surface area contributed by atoms with E-state index in [0.29, 0.717) is 66.0 Å². The van der Waals surface area contributed by atoms with Crippen LogP contribution in [0.1, 0.15) is 81.9 Å². The highest BCUT2D eigenvalue weighted by atomic mass is 16.5. The van der Waals surface area contributed by atoms with Gasteiger partial charge in [-0.3, -0.25) is 9.59 Å². The van der Waals surface area contributed by atoms with Gasteiger partial charge in [0.15, 0.2) is 11.2 Å². The molecule has 9 nitrogen and oxygen atoms in total. The van der Waals surface area contributed by atoms with Crippen LogP contribution in [-0.2, 0) is 4.74 Å². The lowest BCUT2D eigenvalue weighted by Crippen LogP contribution is -2.37. The van der Waals surface area contributed by atoms with Gasteiger partial charge in [0, 0.05) is 49.4 Å². The number of ketones is 1. The zero-order valence-electron chi connectivity index (χ0n) is 24.8. The van der Waals surface area contributed by atoms with E-state index in [9.17, 15) is 9.59 Å². The molecule has 4 heterocycles. The summed E-state index contributed by atoms with van der Waals surface area (Å²) in [5, 5.41) is 4.65. The van der Waals surface area contributed by atoms with Gasteiger partial charge in [0.1, 0.15) is 11.2 Å². The molecule has 0 amide bonds. The second-order valence-electron chi connectivity index (χ2n) is 11.5. The predicted molar refractivity (Wildman–Crippen MR) is 164 cm³/mol. The first-order chi connectivity index (χ1) is 19.8. The van der Waals surface area contributed by atoms with Crippen molar-refractivity contribution >= 4 is 45.3 Å². The highest BCUT2D eigenvalue weighted by Gasteiger charge is 2.25. The number of aromatic nitrogens is 3. The van der Waals surface area contributed by atoms with Gasteiger partial charge in [-0.2, -0.15) is 4.98 Å². The van der Waals surface area contributed by atoms with Crippen LogP contribution in [0.15, 0.2) is 39.7 Å². The van der Waals surface area contributed by atoms with E-state index in [-0.39, 0.29) is 17.3 Å². The number of fused-ring (bicyclic) bond motifs is 2. The van der Waals surface area contributed by atoms with Crippen molar-refractivity contribution < 1.29 is 13.9 Å². The van der Waals surface area contributed by atoms with Crippen molar-refractivity contribution in [2.24, 2.45) is 5.92 Å². The third-order valence-electron chi connectivity index (χ3n) is 8.09. The minimum Gasteiger partial charge on any atom is -0.440 e. The zero-order valence-corrected chi connectivity index (χ0v) is 24.8. The fraction of sp³-hybridized carbons (Fsp3) is 0.500. The van der Waals surface area contributed by atoms with Crippen LogP contribution >= 0.6 is 0 Å². The Morgan fingerprint density at radius 1 is 1.15 bits per heavy atom. The summed E-state index contributed by atoms with van der Waals surface area (Å²) >= 11 is 0. The topological polar surface area (TPSA) is 102 Å². The third-order valence-corrected chi connectivity index (χ3v) is 8.09. The van der Waals surface area contributed by atoms with Crippen molar-refractivity contribution in [1.29, 1.82) is 0 Å². The SMILES string of the molecule is CC(=O)c1cc2cnc(Nc3ccc4c(=O)c(C)c(N5CCOCC5)oc4c3)nc2n1C1CCCC1.CCC(C)C. The number of hydrogen-bond acceptors (Lipinski definition) is 8. The van der Waals surface area contributed by atoms with Gasteiger partial charge in [-0.15, -0.1) is 0 Å². The van der Waals surface area contributed by atoms with E-state index in [1.165, 1.54) is 6.42 Å². The van der Waals surface area contributed by atoms with Crippen molar-refractivity contribution in [2.45, 2.75) is 72.8 Å². The van der Waals surface area contributed by atoms with Gasteiger partial charge in [-0.05, 0) is 43.9 Å². The number of benzene rings is 1. The lowest BCUT2D eigenvalue weighted by Gasteiger charge is -2.28. The summed E-state index contributed by atoms with van der Waals surface area (Å²) in [6.45, 7) is 12.6. The smallest absolute Gasteiger partial charge is 0.229 e. The molecule has 2 aliphatic rings. The largest absolute Gasteiger partial charge is 0.440 e. The number of carbonyl (C=O) groups is 1. The van der Waals surface area contributed by atoms with Crippen molar-refractivity contribution in [3.05, 3.63) is 51.9 Å². The first-order valence-electron chi connectivity index (χ1n) is 14.8. The summed E-state index contributed by atoms with van der Waals surface area (Å²) in [6.07, 6.45) is 7.47. The summed E-state index contributed by atoms with van der Waals surface area (Å²) in [6, 6.07) is 7.58. The van der Waals surface area contributed by atoms with Crippen molar-refractivity contribution in [3.8, 4) is 0 Å². The molecule has 0 radical (unpaired) electrons. The molecular weight excluding hydrogens is 518 g/mol. The number of nitrogens with zero attached hydrogens (tertiary/aromatic N) is 4. The Balaban J connectivity index is 0.000000623. The van der Waals surface area contributed by atoms with Gasteiger partial charge in [0.05, 0.1) is 29.9 Å². The summed E-state index contributed by atoms with van der Waals surface area (Å²) < 4.78 is 13.8. The van der Waals surface area contributed by atoms with E-state index in [1.807, 2.05) is 18.2 Å². The second-order valence-corrected chi connectivity index (χ2v) is 11.5. The quantitative estimate of drug-likeness (QED) is 0.257. The van der Waals surface area contributed by atoms with E-state index in [1.54, 1.807) is 26.1 Å². The molecule has 6 rings (SSSR count). The number of hydrogen-bond donors (Lipinski definition) is 1. The number of Topliss-reactive ketones (excluding diaryl/α,β-unsaturated/α-hetero) is 1. The molecule has 0 atom stereocenters. The fourth-order valence-corrected chi connectivity index (χ4v) is 5.42. The minimum absolute atomic E-state index is 0.0327. The maximum Gasteiger partial charge on any atom is 0.229 e. The molecule has 0 spiro atoms. The molecule has 1 aliphatic carbocycles. The molecule has 2 fully saturated rings. The molecular formula is C32H41N5O4. The van der Waals surface area contributed by atoms with Crippen LogP contribution in [0.3, 0.4) is 0 Å². The van der Waals surface area contributed by atoms with Gasteiger partial charge in [-0.1, -0.05) is 40.0 Å². The number of morpholine rings is 1. The van der Waals surface area contributed by atoms with E-state index in [2.05, 4.69) is 40.5 Å². The highest BCUT2D eigenvalue weighted by Crippen LogP contribution is 2.35. The van der Waals surface area contributed by atoms with E-state index < -0.39 is 0 Å². The Morgan fingerprint density at radius 3 is 2.51 bits per heavy atom. The zero-order chi connectivity index (χ0) is 29.1. The van der Waals surface area contributed by atoms with Gasteiger partial charge < -0.3 is 23.9 Å². The normalized spacial score (nSPS) is 15.9. The lowest BCUT2D eigenvalue weighted by molar-refractivity contribution is 0.100. The molecule has 4 aromatic rings. The van der Waals surface area contributed by atoms with E-state index >= 15 is 0 Å². The molecule has 1 saturated carbocycles. The standard InChI is InChI=1S/C27H29N5O4.C5H12/c1-16-24(34)21-8-7-19(14-23(21)36-26(16)31-9-11-35-12-10-31)29-27-28-15-18-13-22(17(2)33)32(25(18)30-27)20-5-3-4-6-20;1-4-5(2)3/h7-8,13-15,20H,3-6,9-12H2,1-2H3,(H,28,29,30);5H,4H2,1-3H3. The number of ether oxygens (including phenoxy) is 1. The maximum absolute atomic E-state index is 13.0. The van der Waals surface area contributed by atoms with Crippen LogP contribution in [0.4, 0.5) is 17.5 Å². The second kappa shape index (κ2) is 12.4. The average molecular weight is 560 g/mol. The fourth-order valence-electron chi connectivity index (χ4n) is 5.42. The van der Waals surface area contributed by atoms with Crippen LogP contribution in [-0.4, -0.2) is 46.6 Å². The first-order valence-corrected chi connectivity index (χ1v) is 14.8. The molecule has 0 bridgehead atoms. The number of carbonyl (C=O) groups excluding carboxylic acids is 1. The van der Waals surface area contributed by atoms with Crippen LogP contribution in [0.2, 0.25) is 0 Å². The van der Waals surface area contributed by atoms with Crippen molar-refractivity contribution in [1.82, 2.24) is 14.5 Å². The van der Waals surface area contributed by atoms with E-state index in [0.717, 1.165) is 42.6 Å². The lowest BCUT2D eigenvalue weighted by atomic mass is 10.1. The van der Waals surface area contributed by atoms with Crippen LogP contribution in [0, 0.1) is 12.8 Å². The highest BCUT2D eigenvalue weighted by molar-refractivity contribution is 5.98. The minimum atomic E-state index is -0.0342. The Morgan fingerprint density at radius 2 is 1.85 bits per heavy atom. The van der Waals surface area contributed by atoms with Gasteiger partial charge in [0.25, 0.3) is 0 Å². The molecule has 1 aliphatic heterocycles. The van der Waals surface area contributed by atoms with Crippen LogP contribution in [0.25, 0.3) is 22.0 Å². The number of rotatable bonds is 6. The van der Waals surface area contributed by atoms with Gasteiger partial charge in [-0.25, -0.2) is 4.98 Å².